The first kappa shape index (κ1) is 10.9. The number of aromatic nitrogens is 2. The molecule has 0 saturated carbocycles. The van der Waals surface area contributed by atoms with Gasteiger partial charge in [0.05, 0.1) is 5.69 Å². The summed E-state index contributed by atoms with van der Waals surface area (Å²) in [4.78, 5) is 8.34. The van der Waals surface area contributed by atoms with Gasteiger partial charge in [0.1, 0.15) is 5.82 Å². The number of rotatable bonds is 6. The summed E-state index contributed by atoms with van der Waals surface area (Å²) in [7, 11) is 1.72. The lowest BCUT2D eigenvalue weighted by Gasteiger charge is -2.06. The van der Waals surface area contributed by atoms with Gasteiger partial charge < -0.3 is 10.1 Å². The Balaban J connectivity index is 2.21. The van der Waals surface area contributed by atoms with E-state index in [-0.39, 0.29) is 0 Å². The van der Waals surface area contributed by atoms with E-state index < -0.39 is 0 Å². The molecule has 0 spiro atoms. The van der Waals surface area contributed by atoms with Crippen molar-refractivity contribution in [2.24, 2.45) is 0 Å². The molecule has 1 N–H and O–H groups in total. The number of nitrogens with one attached hydrogen (secondary N) is 1. The molecular weight excluding hydrogens is 178 g/mol. The van der Waals surface area contributed by atoms with Crippen LogP contribution in [-0.2, 0) is 4.74 Å². The Hall–Kier alpha value is -1.16. The van der Waals surface area contributed by atoms with Crippen LogP contribution >= 0.6 is 0 Å². The van der Waals surface area contributed by atoms with E-state index in [1.165, 1.54) is 0 Å². The smallest absolute Gasteiger partial charge is 0.147 e. The third kappa shape index (κ3) is 3.70. The van der Waals surface area contributed by atoms with Gasteiger partial charge in [0.25, 0.3) is 0 Å². The summed E-state index contributed by atoms with van der Waals surface area (Å²) >= 11 is 0. The zero-order valence-corrected chi connectivity index (χ0v) is 8.79. The van der Waals surface area contributed by atoms with Gasteiger partial charge in [-0.25, -0.2) is 4.98 Å². The standard InChI is InChI=1S/C10H17N3O/c1-9-10(13-7-6-11-9)12-5-3-4-8-14-2/h6-7H,3-5,8H2,1-2H3,(H,12,13). The summed E-state index contributed by atoms with van der Waals surface area (Å²) < 4.78 is 4.96. The van der Waals surface area contributed by atoms with E-state index in [1.807, 2.05) is 6.92 Å². The van der Waals surface area contributed by atoms with Crippen molar-refractivity contribution < 1.29 is 4.74 Å². The van der Waals surface area contributed by atoms with Gasteiger partial charge in [-0.3, -0.25) is 4.98 Å². The van der Waals surface area contributed by atoms with E-state index in [4.69, 9.17) is 4.74 Å². The molecule has 0 aliphatic heterocycles. The normalized spacial score (nSPS) is 10.1. The third-order valence-electron chi connectivity index (χ3n) is 1.95. The first-order chi connectivity index (χ1) is 6.84. The van der Waals surface area contributed by atoms with Crippen LogP contribution in [-0.4, -0.2) is 30.2 Å². The fraction of sp³-hybridized carbons (Fsp3) is 0.600. The zero-order valence-electron chi connectivity index (χ0n) is 8.79. The molecule has 0 radical (unpaired) electrons. The highest BCUT2D eigenvalue weighted by atomic mass is 16.5. The van der Waals surface area contributed by atoms with Gasteiger partial charge in [0.2, 0.25) is 0 Å². The molecule has 0 bridgehead atoms. The Morgan fingerprint density at radius 3 is 2.79 bits per heavy atom. The minimum Gasteiger partial charge on any atom is -0.385 e. The minimum absolute atomic E-state index is 0.821. The maximum Gasteiger partial charge on any atom is 0.147 e. The summed E-state index contributed by atoms with van der Waals surface area (Å²) in [6.45, 7) is 3.69. The molecule has 0 fully saturated rings. The summed E-state index contributed by atoms with van der Waals surface area (Å²) in [5.41, 5.74) is 0.944. The second-order valence-corrected chi connectivity index (χ2v) is 3.12. The summed E-state index contributed by atoms with van der Waals surface area (Å²) in [6, 6.07) is 0. The fourth-order valence-corrected chi connectivity index (χ4v) is 1.16. The predicted molar refractivity (Wildman–Crippen MR) is 56.4 cm³/mol. The molecule has 4 nitrogen and oxygen atoms in total. The Bertz CT molecular complexity index is 265. The van der Waals surface area contributed by atoms with Crippen LogP contribution in [0.25, 0.3) is 0 Å². The highest BCUT2D eigenvalue weighted by Crippen LogP contribution is 2.05. The van der Waals surface area contributed by atoms with Crippen molar-refractivity contribution >= 4 is 5.82 Å². The van der Waals surface area contributed by atoms with E-state index in [9.17, 15) is 0 Å². The highest BCUT2D eigenvalue weighted by Gasteiger charge is 1.97. The topological polar surface area (TPSA) is 47.0 Å². The predicted octanol–water partition coefficient (Wildman–Crippen LogP) is 1.62. The van der Waals surface area contributed by atoms with Crippen molar-refractivity contribution in [1.82, 2.24) is 9.97 Å². The van der Waals surface area contributed by atoms with Gasteiger partial charge >= 0.3 is 0 Å². The number of nitrogens with zero attached hydrogens (tertiary/aromatic N) is 2. The Labute approximate surface area is 84.7 Å². The van der Waals surface area contributed by atoms with Gasteiger partial charge in [-0.2, -0.15) is 0 Å². The summed E-state index contributed by atoms with van der Waals surface area (Å²) in [5.74, 6) is 0.880. The lowest BCUT2D eigenvalue weighted by molar-refractivity contribution is 0.194. The molecule has 14 heavy (non-hydrogen) atoms. The molecule has 0 aliphatic rings. The van der Waals surface area contributed by atoms with Crippen molar-refractivity contribution in [3.63, 3.8) is 0 Å². The molecule has 4 heteroatoms. The molecule has 1 aromatic rings. The molecule has 1 aromatic heterocycles. The van der Waals surface area contributed by atoms with E-state index in [1.54, 1.807) is 19.5 Å². The van der Waals surface area contributed by atoms with Crippen LogP contribution in [0, 0.1) is 6.92 Å². The van der Waals surface area contributed by atoms with Crippen LogP contribution in [0.1, 0.15) is 18.5 Å². The van der Waals surface area contributed by atoms with Gasteiger partial charge in [-0.15, -0.1) is 0 Å². The van der Waals surface area contributed by atoms with Crippen LogP contribution in [0.4, 0.5) is 5.82 Å². The third-order valence-corrected chi connectivity index (χ3v) is 1.95. The van der Waals surface area contributed by atoms with Crippen LogP contribution in [0.2, 0.25) is 0 Å². The van der Waals surface area contributed by atoms with Crippen LogP contribution in [0.5, 0.6) is 0 Å². The van der Waals surface area contributed by atoms with Crippen LogP contribution in [0.3, 0.4) is 0 Å². The SMILES string of the molecule is COCCCCNc1nccnc1C. The molecule has 1 rings (SSSR count). The zero-order chi connectivity index (χ0) is 10.2. The number of hydrogen-bond donors (Lipinski definition) is 1. The van der Waals surface area contributed by atoms with Crippen molar-refractivity contribution in [3.8, 4) is 0 Å². The van der Waals surface area contributed by atoms with Gasteiger partial charge in [0.15, 0.2) is 0 Å². The molecule has 0 unspecified atom stereocenters. The average Bonchev–Trinajstić information content (AvgIpc) is 2.20. The number of hydrogen-bond acceptors (Lipinski definition) is 4. The monoisotopic (exact) mass is 195 g/mol. The molecule has 0 atom stereocenters. The Morgan fingerprint density at radius 1 is 1.29 bits per heavy atom. The maximum absolute atomic E-state index is 4.96. The Kier molecular flexibility index (Phi) is 4.93. The quantitative estimate of drug-likeness (QED) is 0.701. The van der Waals surface area contributed by atoms with Crippen molar-refractivity contribution in [1.29, 1.82) is 0 Å². The molecule has 0 aliphatic carbocycles. The first-order valence-electron chi connectivity index (χ1n) is 4.85. The molecule has 1 heterocycles. The minimum atomic E-state index is 0.821. The number of methoxy groups -OCH3 is 1. The average molecular weight is 195 g/mol. The lowest BCUT2D eigenvalue weighted by Crippen LogP contribution is -2.06. The largest absolute Gasteiger partial charge is 0.385 e. The second kappa shape index (κ2) is 6.32. The fourth-order valence-electron chi connectivity index (χ4n) is 1.16. The number of anilines is 1. The Morgan fingerprint density at radius 2 is 2.07 bits per heavy atom. The number of unbranched alkanes of at least 4 members (excludes halogenated alkanes) is 1. The van der Waals surface area contributed by atoms with Gasteiger partial charge in [-0.05, 0) is 19.8 Å². The molecular formula is C10H17N3O. The molecule has 0 amide bonds. The van der Waals surface area contributed by atoms with E-state index in [0.29, 0.717) is 0 Å². The number of aryl methyl sites for hydroxylation is 1. The maximum atomic E-state index is 4.96. The van der Waals surface area contributed by atoms with Gasteiger partial charge in [0, 0.05) is 32.7 Å². The van der Waals surface area contributed by atoms with Crippen LogP contribution in [0.15, 0.2) is 12.4 Å². The van der Waals surface area contributed by atoms with Crippen molar-refractivity contribution in [2.75, 3.05) is 25.6 Å². The highest BCUT2D eigenvalue weighted by molar-refractivity contribution is 5.37. The lowest BCUT2D eigenvalue weighted by atomic mass is 10.3. The second-order valence-electron chi connectivity index (χ2n) is 3.12. The van der Waals surface area contributed by atoms with E-state index >= 15 is 0 Å². The molecule has 78 valence electrons. The van der Waals surface area contributed by atoms with Crippen molar-refractivity contribution in [3.05, 3.63) is 18.1 Å². The molecule has 0 aromatic carbocycles. The molecule has 0 saturated heterocycles. The van der Waals surface area contributed by atoms with E-state index in [0.717, 1.165) is 37.5 Å². The van der Waals surface area contributed by atoms with Crippen LogP contribution < -0.4 is 5.32 Å². The van der Waals surface area contributed by atoms with Crippen molar-refractivity contribution in [2.45, 2.75) is 19.8 Å². The van der Waals surface area contributed by atoms with Gasteiger partial charge in [-0.1, -0.05) is 0 Å². The summed E-state index contributed by atoms with van der Waals surface area (Å²) in [5, 5.41) is 3.24. The first-order valence-corrected chi connectivity index (χ1v) is 4.85. The number of ether oxygens (including phenoxy) is 1. The summed E-state index contributed by atoms with van der Waals surface area (Å²) in [6.07, 6.45) is 5.56. The van der Waals surface area contributed by atoms with E-state index in [2.05, 4.69) is 15.3 Å².